The third kappa shape index (κ3) is 2.71. The van der Waals surface area contributed by atoms with Gasteiger partial charge in [0.05, 0.1) is 12.0 Å². The van der Waals surface area contributed by atoms with Crippen molar-refractivity contribution >= 4 is 11.8 Å². The van der Waals surface area contributed by atoms with Crippen LogP contribution >= 0.6 is 0 Å². The van der Waals surface area contributed by atoms with Gasteiger partial charge in [-0.05, 0) is 31.6 Å². The van der Waals surface area contributed by atoms with Crippen molar-refractivity contribution in [3.63, 3.8) is 0 Å². The molecule has 0 unspecified atom stereocenters. The molecule has 3 heterocycles. The second-order valence-electron chi connectivity index (χ2n) is 7.10. The smallest absolute Gasteiger partial charge is 0.245 e. The third-order valence-corrected chi connectivity index (χ3v) is 5.59. The van der Waals surface area contributed by atoms with Crippen molar-refractivity contribution in [2.24, 2.45) is 11.8 Å². The summed E-state index contributed by atoms with van der Waals surface area (Å²) in [6.45, 7) is 3.21. The maximum Gasteiger partial charge on any atom is 0.245 e. The fourth-order valence-corrected chi connectivity index (χ4v) is 4.27. The predicted octanol–water partition coefficient (Wildman–Crippen LogP) is 1.93. The number of rotatable bonds is 1. The molecule has 120 valence electrons. The van der Waals surface area contributed by atoms with E-state index in [1.54, 1.807) is 0 Å². The van der Waals surface area contributed by atoms with Crippen LogP contribution in [0.25, 0.3) is 0 Å². The molecule has 2 amide bonds. The average Bonchev–Trinajstić information content (AvgIpc) is 3.07. The molecule has 0 bridgehead atoms. The van der Waals surface area contributed by atoms with Crippen LogP contribution in [0.1, 0.15) is 51.9 Å². The second-order valence-corrected chi connectivity index (χ2v) is 7.10. The first-order valence-electron chi connectivity index (χ1n) is 8.61. The van der Waals surface area contributed by atoms with Crippen molar-refractivity contribution < 1.29 is 9.59 Å². The number of fused-ring (bicyclic) bond motifs is 1. The number of nitriles is 1. The average molecular weight is 303 g/mol. The number of hydrogen-bond acceptors (Lipinski definition) is 3. The maximum atomic E-state index is 12.9. The van der Waals surface area contributed by atoms with E-state index in [4.69, 9.17) is 5.26 Å². The number of hydrogen-bond donors (Lipinski definition) is 0. The van der Waals surface area contributed by atoms with Gasteiger partial charge >= 0.3 is 0 Å². The summed E-state index contributed by atoms with van der Waals surface area (Å²) < 4.78 is 0. The summed E-state index contributed by atoms with van der Waals surface area (Å²) in [6, 6.07) is 2.28. The van der Waals surface area contributed by atoms with Crippen molar-refractivity contribution in [3.8, 4) is 6.07 Å². The zero-order valence-corrected chi connectivity index (χ0v) is 13.3. The van der Waals surface area contributed by atoms with Gasteiger partial charge in [-0.15, -0.1) is 0 Å². The molecule has 22 heavy (non-hydrogen) atoms. The molecule has 3 aliphatic rings. The summed E-state index contributed by atoms with van der Waals surface area (Å²) in [6.07, 6.45) is 6.59. The van der Waals surface area contributed by atoms with Crippen LogP contribution in [0.4, 0.5) is 0 Å². The van der Waals surface area contributed by atoms with Crippen LogP contribution in [0.15, 0.2) is 0 Å². The summed E-state index contributed by atoms with van der Waals surface area (Å²) in [5, 5.41) is 9.15. The van der Waals surface area contributed by atoms with Gasteiger partial charge in [-0.3, -0.25) is 9.59 Å². The monoisotopic (exact) mass is 303 g/mol. The minimum absolute atomic E-state index is 0.0656. The molecule has 0 radical (unpaired) electrons. The number of nitrogens with zero attached hydrogens (tertiary/aromatic N) is 3. The van der Waals surface area contributed by atoms with Crippen molar-refractivity contribution in [1.82, 2.24) is 9.80 Å². The molecule has 0 aromatic heterocycles. The SMILES string of the molecule is C[C@@H]1CN(C(=O)[C@@H]2CC[C@@H]3CCCCCC(=O)N32)C[C@H]1C#N. The maximum absolute atomic E-state index is 12.9. The molecule has 0 aromatic rings. The van der Waals surface area contributed by atoms with Crippen LogP contribution < -0.4 is 0 Å². The predicted molar refractivity (Wildman–Crippen MR) is 81.6 cm³/mol. The highest BCUT2D eigenvalue weighted by Crippen LogP contribution is 2.33. The lowest BCUT2D eigenvalue weighted by atomic mass is 10.0. The van der Waals surface area contributed by atoms with Gasteiger partial charge < -0.3 is 9.80 Å². The molecule has 3 fully saturated rings. The van der Waals surface area contributed by atoms with Crippen molar-refractivity contribution in [1.29, 1.82) is 5.26 Å². The number of carbonyl (C=O) groups is 2. The highest BCUT2D eigenvalue weighted by Gasteiger charge is 2.44. The summed E-state index contributed by atoms with van der Waals surface area (Å²) in [5.41, 5.74) is 0. The van der Waals surface area contributed by atoms with Crippen molar-refractivity contribution in [3.05, 3.63) is 0 Å². The molecule has 3 rings (SSSR count). The number of likely N-dealkylation sites (tertiary alicyclic amines) is 1. The Morgan fingerprint density at radius 3 is 2.73 bits per heavy atom. The van der Waals surface area contributed by atoms with E-state index in [0.717, 1.165) is 38.5 Å². The Balaban J connectivity index is 1.72. The van der Waals surface area contributed by atoms with E-state index in [0.29, 0.717) is 19.5 Å². The Hall–Kier alpha value is -1.57. The Bertz CT molecular complexity index is 499. The fourth-order valence-electron chi connectivity index (χ4n) is 4.27. The zero-order chi connectivity index (χ0) is 15.7. The van der Waals surface area contributed by atoms with Gasteiger partial charge in [0.15, 0.2) is 0 Å². The topological polar surface area (TPSA) is 64.4 Å². The Morgan fingerprint density at radius 1 is 1.18 bits per heavy atom. The highest BCUT2D eigenvalue weighted by atomic mass is 16.2. The van der Waals surface area contributed by atoms with Gasteiger partial charge in [0, 0.05) is 25.6 Å². The first kappa shape index (κ1) is 15.3. The van der Waals surface area contributed by atoms with Gasteiger partial charge in [-0.1, -0.05) is 19.8 Å². The van der Waals surface area contributed by atoms with E-state index in [-0.39, 0.29) is 35.7 Å². The molecular formula is C17H25N3O2. The van der Waals surface area contributed by atoms with Gasteiger partial charge in [-0.2, -0.15) is 5.26 Å². The fraction of sp³-hybridized carbons (Fsp3) is 0.824. The minimum atomic E-state index is -0.278. The van der Waals surface area contributed by atoms with Gasteiger partial charge in [0.2, 0.25) is 11.8 Å². The first-order chi connectivity index (χ1) is 10.6. The standard InChI is InChI=1S/C17H25N3O2/c1-12-10-19(11-13(12)9-18)17(22)15-8-7-14-5-3-2-4-6-16(21)20(14)15/h12-15H,2-8,10-11H2,1H3/t12-,13-,14+,15+/m1/s1. The van der Waals surface area contributed by atoms with E-state index in [2.05, 4.69) is 6.07 Å². The van der Waals surface area contributed by atoms with E-state index in [9.17, 15) is 9.59 Å². The van der Waals surface area contributed by atoms with Crippen LogP contribution in [0, 0.1) is 23.2 Å². The summed E-state index contributed by atoms with van der Waals surface area (Å²) in [4.78, 5) is 29.1. The largest absolute Gasteiger partial charge is 0.339 e. The third-order valence-electron chi connectivity index (χ3n) is 5.59. The molecule has 0 saturated carbocycles. The van der Waals surface area contributed by atoms with E-state index >= 15 is 0 Å². The molecule has 0 N–H and O–H groups in total. The lowest BCUT2D eigenvalue weighted by molar-refractivity contribution is -0.145. The molecule has 5 heteroatoms. The molecule has 0 aromatic carbocycles. The van der Waals surface area contributed by atoms with Gasteiger partial charge in [0.1, 0.15) is 6.04 Å². The van der Waals surface area contributed by atoms with Gasteiger partial charge in [0.25, 0.3) is 0 Å². The van der Waals surface area contributed by atoms with Crippen LogP contribution in [0.3, 0.4) is 0 Å². The number of amides is 2. The summed E-state index contributed by atoms with van der Waals surface area (Å²) >= 11 is 0. The molecule has 4 atom stereocenters. The number of carbonyl (C=O) groups excluding carboxylic acids is 2. The van der Waals surface area contributed by atoms with Crippen LogP contribution in [0.2, 0.25) is 0 Å². The van der Waals surface area contributed by atoms with Crippen LogP contribution in [-0.2, 0) is 9.59 Å². The van der Waals surface area contributed by atoms with Crippen LogP contribution in [-0.4, -0.2) is 46.8 Å². The lowest BCUT2D eigenvalue weighted by Gasteiger charge is -2.33. The Morgan fingerprint density at radius 2 is 2.00 bits per heavy atom. The normalized spacial score (nSPS) is 35.7. The quantitative estimate of drug-likeness (QED) is 0.743. The van der Waals surface area contributed by atoms with Gasteiger partial charge in [-0.25, -0.2) is 0 Å². The van der Waals surface area contributed by atoms with Crippen molar-refractivity contribution in [2.75, 3.05) is 13.1 Å². The minimum Gasteiger partial charge on any atom is -0.339 e. The van der Waals surface area contributed by atoms with Crippen molar-refractivity contribution in [2.45, 2.75) is 64.0 Å². The second kappa shape index (κ2) is 6.28. The highest BCUT2D eigenvalue weighted by molar-refractivity contribution is 5.88. The van der Waals surface area contributed by atoms with E-state index < -0.39 is 0 Å². The first-order valence-corrected chi connectivity index (χ1v) is 8.61. The molecule has 0 spiro atoms. The van der Waals surface area contributed by atoms with E-state index in [1.165, 1.54) is 0 Å². The Kier molecular flexibility index (Phi) is 4.37. The zero-order valence-electron chi connectivity index (χ0n) is 13.3. The molecule has 5 nitrogen and oxygen atoms in total. The lowest BCUT2D eigenvalue weighted by Crippen LogP contribution is -2.50. The summed E-state index contributed by atoms with van der Waals surface area (Å²) in [5.74, 6) is 0.393. The molecule has 0 aliphatic carbocycles. The van der Waals surface area contributed by atoms with Crippen LogP contribution in [0.5, 0.6) is 0 Å². The molecule has 3 saturated heterocycles. The molecule has 3 aliphatic heterocycles. The molecular weight excluding hydrogens is 278 g/mol. The summed E-state index contributed by atoms with van der Waals surface area (Å²) in [7, 11) is 0. The van der Waals surface area contributed by atoms with E-state index in [1.807, 2.05) is 16.7 Å². The Labute approximate surface area is 132 Å².